The van der Waals surface area contributed by atoms with Gasteiger partial charge in [-0.15, -0.1) is 0 Å². The molecule has 28 heavy (non-hydrogen) atoms. The van der Waals surface area contributed by atoms with E-state index in [2.05, 4.69) is 10.6 Å². The van der Waals surface area contributed by atoms with E-state index in [9.17, 15) is 9.59 Å². The minimum absolute atomic E-state index is 0.111. The van der Waals surface area contributed by atoms with Crippen LogP contribution in [0.15, 0.2) is 36.4 Å². The Morgan fingerprint density at radius 3 is 2.57 bits per heavy atom. The third-order valence-corrected chi connectivity index (χ3v) is 4.25. The van der Waals surface area contributed by atoms with E-state index in [1.54, 1.807) is 43.3 Å². The molecule has 8 heteroatoms. The fraction of sp³-hybridized carbons (Fsp3) is 0.300. The Bertz CT molecular complexity index is 887. The number of rotatable bonds is 7. The summed E-state index contributed by atoms with van der Waals surface area (Å²) >= 11 is 5.95. The Hall–Kier alpha value is -2.93. The van der Waals surface area contributed by atoms with Gasteiger partial charge in [0, 0.05) is 17.1 Å². The summed E-state index contributed by atoms with van der Waals surface area (Å²) in [6.07, 6.45) is -0.244. The third-order valence-electron chi connectivity index (χ3n) is 4.01. The summed E-state index contributed by atoms with van der Waals surface area (Å²) < 4.78 is 16.8. The van der Waals surface area contributed by atoms with E-state index < -0.39 is 12.1 Å². The van der Waals surface area contributed by atoms with Crippen LogP contribution in [0.3, 0.4) is 0 Å². The quantitative estimate of drug-likeness (QED) is 0.541. The van der Waals surface area contributed by atoms with Gasteiger partial charge >= 0.3 is 5.97 Å². The van der Waals surface area contributed by atoms with Crippen molar-refractivity contribution in [3.05, 3.63) is 47.0 Å². The molecule has 1 aliphatic heterocycles. The van der Waals surface area contributed by atoms with E-state index in [-0.39, 0.29) is 24.7 Å². The minimum atomic E-state index is -0.466. The van der Waals surface area contributed by atoms with E-state index in [1.807, 2.05) is 6.92 Å². The molecular formula is C20H21ClN2O5. The Morgan fingerprint density at radius 1 is 1.11 bits per heavy atom. The number of carbonyl (C=O) groups is 2. The van der Waals surface area contributed by atoms with Crippen LogP contribution in [0.25, 0.3) is 0 Å². The number of para-hydroxylation sites is 1. The summed E-state index contributed by atoms with van der Waals surface area (Å²) in [5.74, 6) is 0.358. The van der Waals surface area contributed by atoms with Crippen LogP contribution in [0.5, 0.6) is 17.2 Å². The van der Waals surface area contributed by atoms with Gasteiger partial charge in [0.05, 0.1) is 12.2 Å². The van der Waals surface area contributed by atoms with Crippen molar-refractivity contribution in [1.82, 2.24) is 5.32 Å². The molecule has 0 aliphatic carbocycles. The molecule has 0 radical (unpaired) electrons. The molecule has 1 atom stereocenters. The topological polar surface area (TPSA) is 85.9 Å². The Morgan fingerprint density at radius 2 is 1.86 bits per heavy atom. The van der Waals surface area contributed by atoms with Crippen molar-refractivity contribution in [2.45, 2.75) is 26.4 Å². The molecule has 2 N–H and O–H groups in total. The largest absolute Gasteiger partial charge is 0.490 e. The highest BCUT2D eigenvalue weighted by molar-refractivity contribution is 6.31. The molecule has 2 aromatic rings. The Kier molecular flexibility index (Phi) is 6.26. The van der Waals surface area contributed by atoms with Crippen LogP contribution in [-0.2, 0) is 4.79 Å². The van der Waals surface area contributed by atoms with Crippen molar-refractivity contribution < 1.29 is 23.8 Å². The molecular weight excluding hydrogens is 384 g/mol. The summed E-state index contributed by atoms with van der Waals surface area (Å²) in [4.78, 5) is 24.1. The number of nitrogens with one attached hydrogen (secondary N) is 2. The lowest BCUT2D eigenvalue weighted by atomic mass is 10.1. The number of esters is 1. The van der Waals surface area contributed by atoms with Crippen molar-refractivity contribution >= 4 is 29.2 Å². The summed E-state index contributed by atoms with van der Waals surface area (Å²) in [6.45, 7) is 4.07. The molecule has 2 aromatic carbocycles. The number of ether oxygens (including phenoxy) is 3. The molecule has 7 nitrogen and oxygen atoms in total. The first kappa shape index (κ1) is 19.8. The highest BCUT2D eigenvalue weighted by atomic mass is 35.5. The second-order valence-corrected chi connectivity index (χ2v) is 6.45. The average molecular weight is 405 g/mol. The molecule has 1 amide bonds. The molecule has 0 bridgehead atoms. The molecule has 0 fully saturated rings. The maximum Gasteiger partial charge on any atom is 0.311 e. The number of benzene rings is 2. The lowest BCUT2D eigenvalue weighted by molar-refractivity contribution is -0.134. The van der Waals surface area contributed by atoms with Crippen LogP contribution in [0.1, 0.15) is 30.6 Å². The summed E-state index contributed by atoms with van der Waals surface area (Å²) in [6, 6.07) is 10.2. The second kappa shape index (κ2) is 8.84. The van der Waals surface area contributed by atoms with Crippen molar-refractivity contribution in [3.63, 3.8) is 0 Å². The molecule has 0 saturated carbocycles. The van der Waals surface area contributed by atoms with Gasteiger partial charge in [0.25, 0.3) is 5.91 Å². The zero-order valence-electron chi connectivity index (χ0n) is 15.6. The normalized spacial score (nSPS) is 15.1. The van der Waals surface area contributed by atoms with E-state index >= 15 is 0 Å². The monoisotopic (exact) mass is 404 g/mol. The van der Waals surface area contributed by atoms with Crippen LogP contribution in [0.4, 0.5) is 5.69 Å². The number of hydrogen-bond acceptors (Lipinski definition) is 6. The van der Waals surface area contributed by atoms with Crippen LogP contribution in [-0.4, -0.2) is 31.3 Å². The first-order chi connectivity index (χ1) is 13.5. The molecule has 1 heterocycles. The van der Waals surface area contributed by atoms with Crippen LogP contribution in [0, 0.1) is 0 Å². The molecule has 1 aliphatic rings. The lowest BCUT2D eigenvalue weighted by Gasteiger charge is -2.28. The van der Waals surface area contributed by atoms with Gasteiger partial charge in [-0.2, -0.15) is 0 Å². The van der Waals surface area contributed by atoms with Crippen molar-refractivity contribution in [2.75, 3.05) is 18.5 Å². The molecule has 1 unspecified atom stereocenters. The first-order valence-electron chi connectivity index (χ1n) is 8.98. The zero-order chi connectivity index (χ0) is 20.1. The van der Waals surface area contributed by atoms with Gasteiger partial charge in [0.1, 0.15) is 12.8 Å². The zero-order valence-corrected chi connectivity index (χ0v) is 16.3. The summed E-state index contributed by atoms with van der Waals surface area (Å²) in [5.41, 5.74) is 1.14. The second-order valence-electron chi connectivity index (χ2n) is 6.02. The van der Waals surface area contributed by atoms with E-state index in [1.165, 1.54) is 0 Å². The molecule has 0 spiro atoms. The Labute approximate surface area is 167 Å². The average Bonchev–Trinajstić information content (AvgIpc) is 2.68. The predicted octanol–water partition coefficient (Wildman–Crippen LogP) is 3.61. The summed E-state index contributed by atoms with van der Waals surface area (Å²) in [7, 11) is 0. The lowest BCUT2D eigenvalue weighted by Crippen LogP contribution is -2.48. The minimum Gasteiger partial charge on any atom is -0.490 e. The van der Waals surface area contributed by atoms with Crippen LogP contribution >= 0.6 is 11.6 Å². The molecule has 0 saturated heterocycles. The van der Waals surface area contributed by atoms with Gasteiger partial charge in [0.15, 0.2) is 11.5 Å². The van der Waals surface area contributed by atoms with Gasteiger partial charge in [-0.3, -0.25) is 9.59 Å². The van der Waals surface area contributed by atoms with Crippen LogP contribution in [0.2, 0.25) is 5.02 Å². The SMILES string of the molecule is CCOc1cccc(OCC2NC(=O)c3cc(Cl)ccc3N2)c1OC(=O)CC. The first-order valence-corrected chi connectivity index (χ1v) is 9.35. The van der Waals surface area contributed by atoms with Gasteiger partial charge in [0.2, 0.25) is 5.75 Å². The highest BCUT2D eigenvalue weighted by Crippen LogP contribution is 2.37. The van der Waals surface area contributed by atoms with Crippen molar-refractivity contribution in [1.29, 1.82) is 0 Å². The predicted molar refractivity (Wildman–Crippen MR) is 105 cm³/mol. The highest BCUT2D eigenvalue weighted by Gasteiger charge is 2.25. The molecule has 0 aromatic heterocycles. The van der Waals surface area contributed by atoms with E-state index in [0.29, 0.717) is 34.4 Å². The van der Waals surface area contributed by atoms with E-state index in [4.69, 9.17) is 25.8 Å². The number of carbonyl (C=O) groups excluding carboxylic acids is 2. The maximum absolute atomic E-state index is 12.3. The Balaban J connectivity index is 1.75. The smallest absolute Gasteiger partial charge is 0.311 e. The van der Waals surface area contributed by atoms with Gasteiger partial charge in [-0.25, -0.2) is 0 Å². The standard InChI is InChI=1S/C20H21ClN2O5/c1-3-18(24)28-19-15(26-4-2)6-5-7-16(19)27-11-17-22-14-9-8-12(21)10-13(14)20(25)23-17/h5-10,17,22H,3-4,11H2,1-2H3,(H,23,25). The molecule has 3 rings (SSSR count). The number of fused-ring (bicyclic) bond motifs is 1. The fourth-order valence-corrected chi connectivity index (χ4v) is 2.88. The van der Waals surface area contributed by atoms with Gasteiger partial charge < -0.3 is 24.8 Å². The molecule has 148 valence electrons. The van der Waals surface area contributed by atoms with E-state index in [0.717, 1.165) is 0 Å². The van der Waals surface area contributed by atoms with Crippen molar-refractivity contribution in [3.8, 4) is 17.2 Å². The fourth-order valence-electron chi connectivity index (χ4n) is 2.71. The maximum atomic E-state index is 12.3. The number of anilines is 1. The van der Waals surface area contributed by atoms with Crippen molar-refractivity contribution in [2.24, 2.45) is 0 Å². The summed E-state index contributed by atoms with van der Waals surface area (Å²) in [5, 5.41) is 6.48. The van der Waals surface area contributed by atoms with Crippen LogP contribution < -0.4 is 24.8 Å². The van der Waals surface area contributed by atoms with Gasteiger partial charge in [-0.05, 0) is 37.3 Å². The third kappa shape index (κ3) is 4.48. The van der Waals surface area contributed by atoms with Gasteiger partial charge in [-0.1, -0.05) is 24.6 Å². The number of hydrogen-bond donors (Lipinski definition) is 2. The number of amides is 1. The number of halogens is 1.